The molecule has 2 spiro atoms. The van der Waals surface area contributed by atoms with Crippen molar-refractivity contribution in [2.75, 3.05) is 13.4 Å². The Labute approximate surface area is 422 Å². The molecule has 0 radical (unpaired) electrons. The van der Waals surface area contributed by atoms with E-state index in [-0.39, 0.29) is 75.5 Å². The van der Waals surface area contributed by atoms with Crippen LogP contribution in [0.1, 0.15) is 144 Å². The Balaban J connectivity index is 0.000000217. The highest BCUT2D eigenvalue weighted by molar-refractivity contribution is 7.89. The number of sulfonamides is 1. The van der Waals surface area contributed by atoms with Crippen LogP contribution >= 0.6 is 0 Å². The highest BCUT2D eigenvalue weighted by Gasteiger charge is 2.73. The first-order chi connectivity index (χ1) is 30.7. The first-order valence-electron chi connectivity index (χ1n) is 25.9. The summed E-state index contributed by atoms with van der Waals surface area (Å²) in [4.78, 5) is 29.0. The summed E-state index contributed by atoms with van der Waals surface area (Å²) in [6.45, 7) is 46.1. The molecule has 0 amide bonds. The highest BCUT2D eigenvalue weighted by atomic mass is 32.2. The fraction of sp³-hybridized carbons (Fsp3) is 0.839. The zero-order valence-corrected chi connectivity index (χ0v) is 49.0. The summed E-state index contributed by atoms with van der Waals surface area (Å²) in [7, 11) is -6.54. The van der Waals surface area contributed by atoms with Gasteiger partial charge in [0.2, 0.25) is 0 Å². The molecule has 394 valence electrons. The number of fused-ring (bicyclic) bond motifs is 6. The van der Waals surface area contributed by atoms with E-state index in [0.29, 0.717) is 47.1 Å². The largest absolute Gasteiger partial charge is 0.603 e. The summed E-state index contributed by atoms with van der Waals surface area (Å²) in [5.74, 6) is 4.32. The lowest BCUT2D eigenvalue weighted by atomic mass is 9.62. The monoisotopic (exact) mass is 1010 g/mol. The molecule has 8 rings (SSSR count). The number of rotatable bonds is 5. The number of hydrogen-bond donors (Lipinski definition) is 1. The Morgan fingerprint density at radius 2 is 1.20 bits per heavy atom. The van der Waals surface area contributed by atoms with Gasteiger partial charge in [0.25, 0.3) is 10.0 Å². The van der Waals surface area contributed by atoms with E-state index in [2.05, 4.69) is 157 Å². The molecule has 0 aliphatic heterocycles. The molecule has 13 heteroatoms. The van der Waals surface area contributed by atoms with Crippen molar-refractivity contribution in [3.63, 3.8) is 0 Å². The lowest BCUT2D eigenvalue weighted by Gasteiger charge is -2.43. The first-order valence-corrected chi connectivity index (χ1v) is 33.6. The number of carbonyl (C=O) groups excluding carboxylic acids is 2. The molecular weight excluding hydrogens is 919 g/mol. The molecule has 4 bridgehead atoms. The third kappa shape index (κ3) is 9.72. The maximum atomic E-state index is 14.5. The summed E-state index contributed by atoms with van der Waals surface area (Å²) in [5, 5.41) is 21.5. The van der Waals surface area contributed by atoms with E-state index in [1.807, 2.05) is 6.92 Å². The first kappa shape index (κ1) is 58.0. The van der Waals surface area contributed by atoms with Gasteiger partial charge in [-0.2, -0.15) is 0 Å². The van der Waals surface area contributed by atoms with Crippen LogP contribution in [0.25, 0.3) is 0 Å². The molecule has 16 atom stereocenters. The second-order valence-corrected chi connectivity index (χ2v) is 38.8. The second kappa shape index (κ2) is 18.5. The maximum Gasteiger partial charge on any atom is 0.251 e. The minimum atomic E-state index is -3.58. The van der Waals surface area contributed by atoms with E-state index in [4.69, 9.17) is 8.85 Å². The molecular formula is C56H96NO9SSi2-. The third-order valence-electron chi connectivity index (χ3n) is 20.5. The molecule has 8 aliphatic carbocycles. The van der Waals surface area contributed by atoms with Crippen LogP contribution in [0.4, 0.5) is 0 Å². The van der Waals surface area contributed by atoms with E-state index in [1.54, 1.807) is 0 Å². The van der Waals surface area contributed by atoms with E-state index in [9.17, 15) is 28.2 Å². The maximum absolute atomic E-state index is 14.5. The van der Waals surface area contributed by atoms with Crippen LogP contribution in [0.2, 0.25) is 36.3 Å². The Kier molecular flexibility index (Phi) is 15.5. The van der Waals surface area contributed by atoms with Crippen molar-refractivity contribution in [2.24, 2.45) is 91.2 Å². The number of hydrogen-bond acceptors (Lipinski definition) is 9. The fourth-order valence-electron chi connectivity index (χ4n) is 14.5. The Morgan fingerprint density at radius 3 is 1.64 bits per heavy atom. The van der Waals surface area contributed by atoms with Gasteiger partial charge in [-0.15, -0.1) is 4.40 Å². The molecule has 0 aromatic carbocycles. The van der Waals surface area contributed by atoms with Crippen molar-refractivity contribution in [1.29, 1.82) is 0 Å². The number of ketones is 2. The number of aliphatic hydroxyl groups is 1. The molecule has 0 aromatic rings. The van der Waals surface area contributed by atoms with Crippen LogP contribution in [0.15, 0.2) is 39.3 Å². The van der Waals surface area contributed by atoms with Gasteiger partial charge >= 0.3 is 0 Å². The molecule has 6 fully saturated rings. The predicted molar refractivity (Wildman–Crippen MR) is 284 cm³/mol. The van der Waals surface area contributed by atoms with Crippen molar-refractivity contribution in [3.05, 3.63) is 34.9 Å². The van der Waals surface area contributed by atoms with Gasteiger partial charge in [-0.05, 0) is 147 Å². The molecule has 0 unspecified atom stereocenters. The van der Waals surface area contributed by atoms with E-state index >= 15 is 0 Å². The fourth-order valence-corrected chi connectivity index (χ4v) is 17.6. The standard InChI is InChI=1S/C26H44O3Si.C26H42O2Si.C3H7NO4S.CH4/c1-14-11-18-21(27)15(2)13-26(18)16(3)12-17-20(25(17,7)8)19(23(26)28)22(14)29-30(9,10)24(4,5)6;1-15-11-18-12-16(2)22(28-29(9,10)24(4,5)6)20-21-19(25(21,7)8)13-17(3)26(18,14-15)23(20)27;1-8-3(5)4-9(2,6)7;/h13-14,16-22,27H,11-12H2,1-10H3;11,14,16-17,19-22H,12-13H2,1-10H3;1-2H3,(H,4,5);1H4/p-1/t14-,16-,17-,18-,19-,20-,21+,22-,26-;16-,17-,19-,20-,21-,22-,26-;;/m11../s1. The van der Waals surface area contributed by atoms with Gasteiger partial charge in [-0.1, -0.05) is 134 Å². The van der Waals surface area contributed by atoms with Crippen LogP contribution in [0.5, 0.6) is 0 Å². The lowest BCUT2D eigenvalue weighted by Crippen LogP contribution is -2.51. The molecule has 8 aliphatic rings. The normalized spacial score (nSPS) is 40.8. The third-order valence-corrected chi connectivity index (χ3v) is 29.9. The predicted octanol–water partition coefficient (Wildman–Crippen LogP) is 11.6. The summed E-state index contributed by atoms with van der Waals surface area (Å²) in [6.07, 6.45) is 10.2. The summed E-state index contributed by atoms with van der Waals surface area (Å²) < 4.78 is 41.1. The molecule has 1 N–H and O–H groups in total. The Hall–Kier alpha value is -1.91. The van der Waals surface area contributed by atoms with Crippen LogP contribution in [0.3, 0.4) is 0 Å². The lowest BCUT2D eigenvalue weighted by molar-refractivity contribution is -0.246. The highest BCUT2D eigenvalue weighted by Crippen LogP contribution is 2.73. The van der Waals surface area contributed by atoms with Crippen LogP contribution < -0.4 is 5.11 Å². The topological polar surface area (TPSA) is 152 Å². The van der Waals surface area contributed by atoms with Gasteiger partial charge in [0, 0.05) is 17.8 Å². The number of Topliss-reactive ketones (excluding diaryl/α,β-unsaturated/α-hetero) is 2. The van der Waals surface area contributed by atoms with Crippen molar-refractivity contribution in [3.8, 4) is 0 Å². The molecule has 0 aromatic heterocycles. The molecule has 69 heavy (non-hydrogen) atoms. The van der Waals surface area contributed by atoms with Gasteiger partial charge in [0.15, 0.2) is 28.5 Å². The molecule has 6 saturated carbocycles. The zero-order valence-electron chi connectivity index (χ0n) is 46.2. The molecule has 0 heterocycles. The van der Waals surface area contributed by atoms with Gasteiger partial charge in [0.05, 0.1) is 35.4 Å². The van der Waals surface area contributed by atoms with E-state index < -0.39 is 44.3 Å². The number of allylic oxidation sites excluding steroid dienone is 5. The van der Waals surface area contributed by atoms with Crippen molar-refractivity contribution in [1.82, 2.24) is 0 Å². The van der Waals surface area contributed by atoms with E-state index in [1.165, 1.54) is 17.6 Å². The van der Waals surface area contributed by atoms with Gasteiger partial charge in [-0.3, -0.25) is 9.59 Å². The Morgan fingerprint density at radius 1 is 0.754 bits per heavy atom. The van der Waals surface area contributed by atoms with Gasteiger partial charge in [0.1, 0.15) is 5.78 Å². The van der Waals surface area contributed by atoms with Crippen molar-refractivity contribution in [2.45, 2.75) is 198 Å². The minimum absolute atomic E-state index is 0. The smallest absolute Gasteiger partial charge is 0.251 e. The second-order valence-electron chi connectivity index (χ2n) is 27.6. The van der Waals surface area contributed by atoms with Gasteiger partial charge < -0.3 is 23.8 Å². The van der Waals surface area contributed by atoms with Crippen molar-refractivity contribution >= 4 is 44.3 Å². The van der Waals surface area contributed by atoms with E-state index in [0.717, 1.165) is 38.2 Å². The minimum Gasteiger partial charge on any atom is -0.603 e. The Bertz CT molecular complexity index is 2250. The average Bonchev–Trinajstić information content (AvgIpc) is 3.83. The number of methoxy groups -OCH3 is 1. The zero-order chi connectivity index (χ0) is 51.8. The number of nitrogens with zero attached hydrogens (tertiary/aromatic N) is 1. The number of ether oxygens (including phenoxy) is 1. The summed E-state index contributed by atoms with van der Waals surface area (Å²) >= 11 is 0. The summed E-state index contributed by atoms with van der Waals surface area (Å²) in [5.41, 5.74) is 3.27. The van der Waals surface area contributed by atoms with Crippen LogP contribution in [-0.2, 0) is 33.2 Å². The SMILES string of the molecule is C.CC1=C[C@]23C(=O)[C@@H]([C@H](O[Si](C)(C)C(C)(C)C)[C@H](C)CC2=C1)[C@H]1[C@@H](C[C@H]3C)C1(C)C.CC1=C[C@]23C(=O)[C@@H]([C@H](O[Si](C)(C)C(C)(C)C)[C@H](C)C[C@@H]2[C@H]1O)[C@H]1[C@@H](C[C@H]3C)C1(C)C.COC([O-])=NS(C)(=O)=O. The number of carbonyl (C=O) groups is 2. The molecule has 0 saturated heterocycles. The van der Waals surface area contributed by atoms with Crippen LogP contribution in [0, 0.1) is 86.8 Å². The quantitative estimate of drug-likeness (QED) is 0.123. The summed E-state index contributed by atoms with van der Waals surface area (Å²) in [6, 6.07) is 0. The molecule has 10 nitrogen and oxygen atoms in total. The van der Waals surface area contributed by atoms with Gasteiger partial charge in [-0.25, -0.2) is 8.42 Å². The average molecular weight is 1020 g/mol. The number of aliphatic hydroxyl groups excluding tert-OH is 1. The van der Waals surface area contributed by atoms with Crippen molar-refractivity contribution < 1.29 is 41.8 Å². The van der Waals surface area contributed by atoms with Crippen LogP contribution in [-0.4, -0.2) is 79.5 Å².